The lowest BCUT2D eigenvalue weighted by Crippen LogP contribution is -2.58. The molecule has 0 bridgehead atoms. The Kier molecular flexibility index (Phi) is 3.37. The Balaban J connectivity index is 1.45. The van der Waals surface area contributed by atoms with Crippen molar-refractivity contribution in [1.82, 2.24) is 4.90 Å². The number of carbonyl (C=O) groups is 1. The normalized spacial score (nSPS) is 53.8. The molecule has 0 aromatic rings. The Morgan fingerprint density at radius 3 is 2.75 bits per heavy atom. The lowest BCUT2D eigenvalue weighted by molar-refractivity contribution is -0.168. The molecular formula is C19H29NO4. The highest BCUT2D eigenvalue weighted by atomic mass is 16.7. The molecule has 0 radical (unpaired) electrons. The van der Waals surface area contributed by atoms with Gasteiger partial charge in [0.25, 0.3) is 0 Å². The highest BCUT2D eigenvalue weighted by molar-refractivity contribution is 5.77. The maximum atomic E-state index is 12.9. The maximum Gasteiger partial charge on any atom is 0.311 e. The van der Waals surface area contributed by atoms with Gasteiger partial charge in [-0.3, -0.25) is 9.69 Å². The van der Waals surface area contributed by atoms with Crippen LogP contribution in [-0.2, 0) is 19.0 Å². The summed E-state index contributed by atoms with van der Waals surface area (Å²) in [5.41, 5.74) is -0.376. The monoisotopic (exact) mass is 335 g/mol. The summed E-state index contributed by atoms with van der Waals surface area (Å²) in [6.45, 7) is 8.81. The molecule has 3 aliphatic heterocycles. The van der Waals surface area contributed by atoms with E-state index in [4.69, 9.17) is 14.2 Å². The Bertz CT molecular complexity index is 547. The van der Waals surface area contributed by atoms with Crippen molar-refractivity contribution in [2.45, 2.75) is 56.8 Å². The molecule has 0 N–H and O–H groups in total. The average Bonchev–Trinajstić information content (AvgIpc) is 3.20. The van der Waals surface area contributed by atoms with Crippen molar-refractivity contribution in [2.75, 3.05) is 32.8 Å². The molecule has 2 saturated carbocycles. The second-order valence-corrected chi connectivity index (χ2v) is 8.91. The third-order valence-electron chi connectivity index (χ3n) is 7.65. The number of morpholine rings is 1. The summed E-state index contributed by atoms with van der Waals surface area (Å²) in [5, 5.41) is 0. The minimum atomic E-state index is -0.335. The van der Waals surface area contributed by atoms with Crippen LogP contribution in [0.1, 0.15) is 39.5 Å². The van der Waals surface area contributed by atoms with E-state index < -0.39 is 0 Å². The van der Waals surface area contributed by atoms with Gasteiger partial charge in [0, 0.05) is 31.5 Å². The van der Waals surface area contributed by atoms with Gasteiger partial charge in [-0.1, -0.05) is 6.92 Å². The SMILES string of the molecule is C[C@@H]1CC[C@H]2[C@@H](CN3CCOCC3)C(=O)O[C@]23[C@H]1CC[C@@]1(C)O[C@@H]31. The number of hydrogen-bond acceptors (Lipinski definition) is 5. The molecule has 1 spiro atoms. The highest BCUT2D eigenvalue weighted by Crippen LogP contribution is 2.66. The topological polar surface area (TPSA) is 51.3 Å². The number of fused-ring (bicyclic) bond motifs is 1. The summed E-state index contributed by atoms with van der Waals surface area (Å²) < 4.78 is 17.9. The van der Waals surface area contributed by atoms with Gasteiger partial charge in [0.1, 0.15) is 11.7 Å². The molecule has 134 valence electrons. The Hall–Kier alpha value is -0.650. The molecular weight excluding hydrogens is 306 g/mol. The van der Waals surface area contributed by atoms with Crippen LogP contribution in [0.2, 0.25) is 0 Å². The van der Waals surface area contributed by atoms with Gasteiger partial charge in [0.05, 0.1) is 24.7 Å². The van der Waals surface area contributed by atoms with Gasteiger partial charge < -0.3 is 14.2 Å². The van der Waals surface area contributed by atoms with Gasteiger partial charge in [-0.15, -0.1) is 0 Å². The van der Waals surface area contributed by atoms with Gasteiger partial charge in [0.2, 0.25) is 0 Å². The molecule has 5 heteroatoms. The van der Waals surface area contributed by atoms with Crippen molar-refractivity contribution in [3.05, 3.63) is 0 Å². The Morgan fingerprint density at radius 1 is 1.17 bits per heavy atom. The number of nitrogens with zero attached hydrogens (tertiary/aromatic N) is 1. The van der Waals surface area contributed by atoms with E-state index in [1.807, 2.05) is 0 Å². The zero-order valence-corrected chi connectivity index (χ0v) is 14.8. The van der Waals surface area contributed by atoms with E-state index in [9.17, 15) is 4.79 Å². The number of carbonyl (C=O) groups excluding carboxylic acids is 1. The lowest BCUT2D eigenvalue weighted by atomic mass is 9.55. The first-order chi connectivity index (χ1) is 11.5. The van der Waals surface area contributed by atoms with E-state index in [1.165, 1.54) is 6.42 Å². The van der Waals surface area contributed by atoms with E-state index in [0.29, 0.717) is 17.8 Å². The number of esters is 1. The van der Waals surface area contributed by atoms with Crippen LogP contribution in [0.25, 0.3) is 0 Å². The molecule has 0 unspecified atom stereocenters. The Morgan fingerprint density at radius 2 is 1.96 bits per heavy atom. The molecule has 5 nitrogen and oxygen atoms in total. The van der Waals surface area contributed by atoms with Crippen LogP contribution >= 0.6 is 0 Å². The molecule has 3 saturated heterocycles. The van der Waals surface area contributed by atoms with Crippen molar-refractivity contribution in [3.63, 3.8) is 0 Å². The summed E-state index contributed by atoms with van der Waals surface area (Å²) in [7, 11) is 0. The van der Waals surface area contributed by atoms with Gasteiger partial charge in [-0.05, 0) is 38.5 Å². The average molecular weight is 335 g/mol. The third kappa shape index (κ3) is 2.01. The fourth-order valence-electron chi connectivity index (χ4n) is 6.32. The second-order valence-electron chi connectivity index (χ2n) is 8.91. The second kappa shape index (κ2) is 5.18. The van der Waals surface area contributed by atoms with Gasteiger partial charge in [-0.2, -0.15) is 0 Å². The van der Waals surface area contributed by atoms with E-state index in [0.717, 1.165) is 52.1 Å². The summed E-state index contributed by atoms with van der Waals surface area (Å²) in [6, 6.07) is 0. The van der Waals surface area contributed by atoms with E-state index in [2.05, 4.69) is 18.7 Å². The highest BCUT2D eigenvalue weighted by Gasteiger charge is 2.77. The van der Waals surface area contributed by atoms with E-state index >= 15 is 0 Å². The van der Waals surface area contributed by atoms with Crippen LogP contribution in [0.3, 0.4) is 0 Å². The predicted molar refractivity (Wildman–Crippen MR) is 87.5 cm³/mol. The van der Waals surface area contributed by atoms with Crippen LogP contribution in [-0.4, -0.2) is 61.0 Å². The summed E-state index contributed by atoms with van der Waals surface area (Å²) in [6.07, 6.45) is 4.72. The lowest BCUT2D eigenvalue weighted by Gasteiger charge is -2.50. The maximum absolute atomic E-state index is 12.9. The van der Waals surface area contributed by atoms with Crippen molar-refractivity contribution >= 4 is 5.97 Å². The number of hydrogen-bond donors (Lipinski definition) is 0. The molecule has 5 fully saturated rings. The van der Waals surface area contributed by atoms with Gasteiger partial charge in [-0.25, -0.2) is 0 Å². The minimum absolute atomic E-state index is 0.0182. The van der Waals surface area contributed by atoms with E-state index in [1.54, 1.807) is 0 Å². The van der Waals surface area contributed by atoms with E-state index in [-0.39, 0.29) is 29.2 Å². The van der Waals surface area contributed by atoms with Crippen LogP contribution < -0.4 is 0 Å². The van der Waals surface area contributed by atoms with Crippen LogP contribution in [0, 0.1) is 23.7 Å². The van der Waals surface area contributed by atoms with Crippen LogP contribution in [0.4, 0.5) is 0 Å². The minimum Gasteiger partial charge on any atom is -0.455 e. The van der Waals surface area contributed by atoms with Crippen molar-refractivity contribution in [2.24, 2.45) is 23.7 Å². The van der Waals surface area contributed by atoms with Gasteiger partial charge in [0.15, 0.2) is 0 Å². The van der Waals surface area contributed by atoms with Crippen LogP contribution in [0.5, 0.6) is 0 Å². The number of epoxide rings is 1. The predicted octanol–water partition coefficient (Wildman–Crippen LogP) is 1.84. The first kappa shape index (κ1) is 15.6. The molecule has 0 aromatic heterocycles. The standard InChI is InChI=1S/C19H29NO4/c1-12-3-4-15-13(11-20-7-9-22-10-8-20)16(21)23-19(15)14(12)5-6-18(2)17(19)24-18/h12-15,17H,3-11H2,1-2H3/t12-,13-,14+,15+,17-,18-,19-/m1/s1. The largest absolute Gasteiger partial charge is 0.455 e. The summed E-state index contributed by atoms with van der Waals surface area (Å²) >= 11 is 0. The molecule has 3 heterocycles. The van der Waals surface area contributed by atoms with Crippen molar-refractivity contribution < 1.29 is 19.0 Å². The molecule has 0 amide bonds. The molecule has 5 rings (SSSR count). The molecule has 2 aliphatic carbocycles. The number of rotatable bonds is 2. The molecule has 7 atom stereocenters. The third-order valence-corrected chi connectivity index (χ3v) is 7.65. The first-order valence-corrected chi connectivity index (χ1v) is 9.75. The molecule has 24 heavy (non-hydrogen) atoms. The van der Waals surface area contributed by atoms with Gasteiger partial charge >= 0.3 is 5.97 Å². The number of ether oxygens (including phenoxy) is 3. The summed E-state index contributed by atoms with van der Waals surface area (Å²) in [4.78, 5) is 15.3. The Labute approximate surface area is 144 Å². The fraction of sp³-hybridized carbons (Fsp3) is 0.947. The summed E-state index contributed by atoms with van der Waals surface area (Å²) in [5.74, 6) is 1.50. The molecule has 5 aliphatic rings. The van der Waals surface area contributed by atoms with Crippen molar-refractivity contribution in [1.29, 1.82) is 0 Å². The zero-order valence-electron chi connectivity index (χ0n) is 14.8. The fourth-order valence-corrected chi connectivity index (χ4v) is 6.32. The van der Waals surface area contributed by atoms with Crippen molar-refractivity contribution in [3.8, 4) is 0 Å². The first-order valence-electron chi connectivity index (χ1n) is 9.75. The smallest absolute Gasteiger partial charge is 0.311 e. The zero-order chi connectivity index (χ0) is 16.5. The quantitative estimate of drug-likeness (QED) is 0.569. The molecule has 0 aromatic carbocycles. The van der Waals surface area contributed by atoms with Crippen LogP contribution in [0.15, 0.2) is 0 Å².